The van der Waals surface area contributed by atoms with E-state index in [0.717, 1.165) is 13.0 Å². The molecule has 0 bridgehead atoms. The first-order valence-electron chi connectivity index (χ1n) is 7.29. The molecule has 0 spiro atoms. The number of benzene rings is 2. The second kappa shape index (κ2) is 5.04. The molecule has 102 valence electrons. The standard InChI is InChI=1S/C18H18O2/c1-3-7-13(8-4-1)18(14-9-5-2-6-10-14)16-11-15-17(20-15)12-19-16/h1-10,15-18H,11-12H2/t15-,16-,17+/m0/s1. The molecule has 2 heterocycles. The molecule has 2 saturated heterocycles. The lowest BCUT2D eigenvalue weighted by Crippen LogP contribution is -2.31. The summed E-state index contributed by atoms with van der Waals surface area (Å²) in [5, 5.41) is 0. The van der Waals surface area contributed by atoms with Gasteiger partial charge in [0.15, 0.2) is 0 Å². The molecule has 0 aliphatic carbocycles. The van der Waals surface area contributed by atoms with Crippen LogP contribution in [0.15, 0.2) is 60.7 Å². The lowest BCUT2D eigenvalue weighted by molar-refractivity contribution is 0.0197. The van der Waals surface area contributed by atoms with Crippen LogP contribution >= 0.6 is 0 Å². The Morgan fingerprint density at radius 1 is 0.800 bits per heavy atom. The Balaban J connectivity index is 1.69. The molecule has 0 amide bonds. The molecule has 2 aliphatic heterocycles. The van der Waals surface area contributed by atoms with Crippen LogP contribution in [0.1, 0.15) is 23.5 Å². The Morgan fingerprint density at radius 3 is 1.95 bits per heavy atom. The highest BCUT2D eigenvalue weighted by Crippen LogP contribution is 2.40. The maximum atomic E-state index is 6.08. The molecule has 2 fully saturated rings. The molecular weight excluding hydrogens is 248 g/mol. The van der Waals surface area contributed by atoms with Gasteiger partial charge in [-0.15, -0.1) is 0 Å². The molecule has 2 aromatic rings. The fraction of sp³-hybridized carbons (Fsp3) is 0.333. The number of fused-ring (bicyclic) bond motifs is 1. The third kappa shape index (κ3) is 2.26. The van der Waals surface area contributed by atoms with Crippen LogP contribution < -0.4 is 0 Å². The van der Waals surface area contributed by atoms with Crippen LogP contribution in [-0.4, -0.2) is 24.9 Å². The zero-order valence-corrected chi connectivity index (χ0v) is 11.3. The van der Waals surface area contributed by atoms with Crippen molar-refractivity contribution in [3.63, 3.8) is 0 Å². The molecule has 0 saturated carbocycles. The third-order valence-electron chi connectivity index (χ3n) is 4.32. The molecule has 0 radical (unpaired) electrons. The average Bonchev–Trinajstić information content (AvgIpc) is 3.28. The Kier molecular flexibility index (Phi) is 3.06. The van der Waals surface area contributed by atoms with Crippen molar-refractivity contribution < 1.29 is 9.47 Å². The highest BCUT2D eigenvalue weighted by atomic mass is 16.6. The molecule has 2 nitrogen and oxygen atoms in total. The van der Waals surface area contributed by atoms with Crippen molar-refractivity contribution in [1.29, 1.82) is 0 Å². The molecule has 0 aromatic heterocycles. The van der Waals surface area contributed by atoms with Gasteiger partial charge in [0, 0.05) is 12.3 Å². The van der Waals surface area contributed by atoms with E-state index in [0.29, 0.717) is 18.1 Å². The van der Waals surface area contributed by atoms with E-state index in [4.69, 9.17) is 9.47 Å². The fourth-order valence-corrected chi connectivity index (χ4v) is 3.22. The quantitative estimate of drug-likeness (QED) is 0.794. The largest absolute Gasteiger partial charge is 0.374 e. The van der Waals surface area contributed by atoms with Gasteiger partial charge in [-0.3, -0.25) is 0 Å². The van der Waals surface area contributed by atoms with Crippen LogP contribution in [0.25, 0.3) is 0 Å². The van der Waals surface area contributed by atoms with E-state index in [2.05, 4.69) is 60.7 Å². The highest BCUT2D eigenvalue weighted by Gasteiger charge is 2.47. The van der Waals surface area contributed by atoms with E-state index in [9.17, 15) is 0 Å². The minimum atomic E-state index is 0.212. The number of hydrogen-bond acceptors (Lipinski definition) is 2. The van der Waals surface area contributed by atoms with E-state index >= 15 is 0 Å². The summed E-state index contributed by atoms with van der Waals surface area (Å²) in [6.45, 7) is 0.742. The van der Waals surface area contributed by atoms with Crippen LogP contribution in [-0.2, 0) is 9.47 Å². The van der Waals surface area contributed by atoms with Crippen molar-refractivity contribution in [2.45, 2.75) is 30.7 Å². The van der Waals surface area contributed by atoms with Crippen molar-refractivity contribution in [1.82, 2.24) is 0 Å². The van der Waals surface area contributed by atoms with Crippen molar-refractivity contribution >= 4 is 0 Å². The molecular formula is C18H18O2. The highest BCUT2D eigenvalue weighted by molar-refractivity contribution is 5.34. The van der Waals surface area contributed by atoms with Crippen LogP contribution in [0.4, 0.5) is 0 Å². The Hall–Kier alpha value is -1.64. The number of rotatable bonds is 3. The van der Waals surface area contributed by atoms with E-state index in [1.807, 2.05) is 0 Å². The SMILES string of the molecule is c1ccc(C(c2ccccc2)[C@@H]2C[C@@H]3O[C@@H]3CO2)cc1. The molecule has 3 atom stereocenters. The van der Waals surface area contributed by atoms with Gasteiger partial charge in [-0.1, -0.05) is 60.7 Å². The summed E-state index contributed by atoms with van der Waals surface area (Å²) in [7, 11) is 0. The predicted octanol–water partition coefficient (Wildman–Crippen LogP) is 3.37. The van der Waals surface area contributed by atoms with Gasteiger partial charge in [0.05, 0.1) is 18.8 Å². The van der Waals surface area contributed by atoms with Gasteiger partial charge < -0.3 is 9.47 Å². The smallest absolute Gasteiger partial charge is 0.108 e. The van der Waals surface area contributed by atoms with Gasteiger partial charge in [-0.25, -0.2) is 0 Å². The zero-order valence-electron chi connectivity index (χ0n) is 11.3. The van der Waals surface area contributed by atoms with Crippen LogP contribution in [0.2, 0.25) is 0 Å². The zero-order chi connectivity index (χ0) is 13.4. The molecule has 2 heteroatoms. The topological polar surface area (TPSA) is 21.8 Å². The molecule has 20 heavy (non-hydrogen) atoms. The van der Waals surface area contributed by atoms with E-state index in [1.54, 1.807) is 0 Å². The first-order valence-corrected chi connectivity index (χ1v) is 7.29. The Morgan fingerprint density at radius 2 is 1.40 bits per heavy atom. The number of hydrogen-bond donors (Lipinski definition) is 0. The van der Waals surface area contributed by atoms with Gasteiger partial charge in [0.2, 0.25) is 0 Å². The minimum absolute atomic E-state index is 0.212. The van der Waals surface area contributed by atoms with Gasteiger partial charge in [0.25, 0.3) is 0 Å². The molecule has 2 aromatic carbocycles. The Labute approximate surface area is 119 Å². The van der Waals surface area contributed by atoms with Crippen LogP contribution in [0.3, 0.4) is 0 Å². The summed E-state index contributed by atoms with van der Waals surface area (Å²) >= 11 is 0. The van der Waals surface area contributed by atoms with Crippen LogP contribution in [0, 0.1) is 0 Å². The summed E-state index contributed by atoms with van der Waals surface area (Å²) in [6, 6.07) is 21.3. The van der Waals surface area contributed by atoms with Gasteiger partial charge in [-0.05, 0) is 11.1 Å². The van der Waals surface area contributed by atoms with Crippen molar-refractivity contribution in [3.8, 4) is 0 Å². The molecule has 2 aliphatic rings. The van der Waals surface area contributed by atoms with E-state index < -0.39 is 0 Å². The monoisotopic (exact) mass is 266 g/mol. The first kappa shape index (κ1) is 12.1. The Bertz CT molecular complexity index is 527. The summed E-state index contributed by atoms with van der Waals surface area (Å²) in [6.07, 6.45) is 1.99. The lowest BCUT2D eigenvalue weighted by Gasteiger charge is -2.29. The summed E-state index contributed by atoms with van der Waals surface area (Å²) < 4.78 is 11.7. The number of ether oxygens (including phenoxy) is 2. The summed E-state index contributed by atoms with van der Waals surface area (Å²) in [5.41, 5.74) is 2.64. The van der Waals surface area contributed by atoms with E-state index in [1.165, 1.54) is 11.1 Å². The second-order valence-corrected chi connectivity index (χ2v) is 5.62. The molecule has 0 N–H and O–H groups in total. The first-order chi connectivity index (χ1) is 9.92. The fourth-order valence-electron chi connectivity index (χ4n) is 3.22. The summed E-state index contributed by atoms with van der Waals surface area (Å²) in [4.78, 5) is 0. The van der Waals surface area contributed by atoms with Crippen molar-refractivity contribution in [3.05, 3.63) is 71.8 Å². The third-order valence-corrected chi connectivity index (χ3v) is 4.32. The van der Waals surface area contributed by atoms with Crippen molar-refractivity contribution in [2.24, 2.45) is 0 Å². The number of epoxide rings is 1. The van der Waals surface area contributed by atoms with Crippen LogP contribution in [0.5, 0.6) is 0 Å². The second-order valence-electron chi connectivity index (χ2n) is 5.62. The average molecular weight is 266 g/mol. The maximum Gasteiger partial charge on any atom is 0.108 e. The van der Waals surface area contributed by atoms with Gasteiger partial charge in [0.1, 0.15) is 6.10 Å². The van der Waals surface area contributed by atoms with E-state index in [-0.39, 0.29) is 6.10 Å². The minimum Gasteiger partial charge on any atom is -0.374 e. The molecule has 0 unspecified atom stereocenters. The normalized spacial score (nSPS) is 28.1. The summed E-state index contributed by atoms with van der Waals surface area (Å²) in [5.74, 6) is 0.294. The van der Waals surface area contributed by atoms with Crippen molar-refractivity contribution in [2.75, 3.05) is 6.61 Å². The lowest BCUT2D eigenvalue weighted by atomic mass is 9.83. The maximum absolute atomic E-state index is 6.08. The molecule has 4 rings (SSSR count). The van der Waals surface area contributed by atoms with Gasteiger partial charge >= 0.3 is 0 Å². The predicted molar refractivity (Wildman–Crippen MR) is 77.7 cm³/mol. The van der Waals surface area contributed by atoms with Gasteiger partial charge in [-0.2, -0.15) is 0 Å².